The number of rotatable bonds is 5. The summed E-state index contributed by atoms with van der Waals surface area (Å²) < 4.78 is 5.39. The minimum absolute atomic E-state index is 0.0497. The summed E-state index contributed by atoms with van der Waals surface area (Å²) >= 11 is 0. The number of carbonyl (C=O) groups excluding carboxylic acids is 3. The zero-order valence-electron chi connectivity index (χ0n) is 27.6. The number of carbonyl (C=O) groups is 3. The third kappa shape index (κ3) is 8.28. The van der Waals surface area contributed by atoms with Gasteiger partial charge in [0.25, 0.3) is 0 Å². The molecule has 2 saturated carbocycles. The highest BCUT2D eigenvalue weighted by atomic mass is 16.6. The number of benzene rings is 2. The molecule has 2 heterocycles. The predicted molar refractivity (Wildman–Crippen MR) is 177 cm³/mol. The van der Waals surface area contributed by atoms with Gasteiger partial charge in [-0.05, 0) is 81.8 Å². The third-order valence-electron chi connectivity index (χ3n) is 9.32. The molecule has 10 nitrogen and oxygen atoms in total. The van der Waals surface area contributed by atoms with Crippen molar-refractivity contribution in [3.8, 4) is 0 Å². The molecule has 0 unspecified atom stereocenters. The van der Waals surface area contributed by atoms with Gasteiger partial charge in [-0.3, -0.25) is 9.59 Å². The molecule has 0 bridgehead atoms. The number of piperazine rings is 2. The SMILES string of the molecule is CC(=O)N1CCN(c2ccc(C3(N)CC3)cc2)CC1.CC(=O)N1CCN(c2ccc(C3(NC(=O)OC(C)(C)C)CC3)cc2)CC1. The number of anilines is 2. The standard InChI is InChI=1S/C20H29N3O3.C15H21N3O/c1-15(24)22-11-13-23(14-12-22)17-7-5-16(6-8-17)20(9-10-20)21-18(25)26-19(2,3)4;1-12(19)17-8-10-18(11-9-17)14-4-2-13(3-5-14)15(16)6-7-15/h5-8H,9-14H2,1-4H3,(H,21,25);2-5H,6-11,16H2,1H3. The Kier molecular flexibility index (Phi) is 9.35. The summed E-state index contributed by atoms with van der Waals surface area (Å²) in [6, 6.07) is 17.0. The van der Waals surface area contributed by atoms with Crippen molar-refractivity contribution in [3.63, 3.8) is 0 Å². The summed E-state index contributed by atoms with van der Waals surface area (Å²) in [5.41, 5.74) is 10.1. The average Bonchev–Trinajstić information content (AvgIpc) is 3.95. The van der Waals surface area contributed by atoms with Crippen LogP contribution in [0.1, 0.15) is 71.4 Å². The molecular formula is C35H50N6O4. The van der Waals surface area contributed by atoms with Crippen LogP contribution in [0.15, 0.2) is 48.5 Å². The molecule has 2 aliphatic carbocycles. The molecule has 2 aromatic carbocycles. The molecule has 2 saturated heterocycles. The van der Waals surface area contributed by atoms with E-state index in [1.54, 1.807) is 13.8 Å². The molecular weight excluding hydrogens is 568 g/mol. The molecule has 244 valence electrons. The van der Waals surface area contributed by atoms with Gasteiger partial charge in [0.05, 0.1) is 5.54 Å². The molecule has 6 rings (SSSR count). The molecule has 2 aromatic rings. The second kappa shape index (κ2) is 12.9. The fourth-order valence-corrected chi connectivity index (χ4v) is 6.09. The molecule has 45 heavy (non-hydrogen) atoms. The Morgan fingerprint density at radius 3 is 1.40 bits per heavy atom. The van der Waals surface area contributed by atoms with E-state index in [1.165, 1.54) is 11.3 Å². The first-order valence-electron chi connectivity index (χ1n) is 16.3. The van der Waals surface area contributed by atoms with E-state index in [1.807, 2.05) is 30.6 Å². The van der Waals surface area contributed by atoms with E-state index < -0.39 is 5.60 Å². The van der Waals surface area contributed by atoms with Crippen LogP contribution in [-0.2, 0) is 25.4 Å². The van der Waals surface area contributed by atoms with Gasteiger partial charge in [-0.1, -0.05) is 24.3 Å². The van der Waals surface area contributed by atoms with Crippen molar-refractivity contribution in [2.45, 2.75) is 77.0 Å². The van der Waals surface area contributed by atoms with Crippen molar-refractivity contribution in [1.29, 1.82) is 0 Å². The fourth-order valence-electron chi connectivity index (χ4n) is 6.09. The van der Waals surface area contributed by atoms with Crippen molar-refractivity contribution in [3.05, 3.63) is 59.7 Å². The van der Waals surface area contributed by atoms with Gasteiger partial charge in [-0.15, -0.1) is 0 Å². The van der Waals surface area contributed by atoms with Crippen LogP contribution in [0, 0.1) is 0 Å². The van der Waals surface area contributed by atoms with Gasteiger partial charge in [0.15, 0.2) is 0 Å². The monoisotopic (exact) mass is 618 g/mol. The van der Waals surface area contributed by atoms with Crippen LogP contribution in [-0.4, -0.2) is 85.7 Å². The quantitative estimate of drug-likeness (QED) is 0.518. The van der Waals surface area contributed by atoms with Gasteiger partial charge in [-0.2, -0.15) is 0 Å². The van der Waals surface area contributed by atoms with E-state index in [0.717, 1.165) is 89.3 Å². The van der Waals surface area contributed by atoms with Gasteiger partial charge in [0.2, 0.25) is 11.8 Å². The molecule has 3 N–H and O–H groups in total. The summed E-state index contributed by atoms with van der Waals surface area (Å²) in [6.45, 7) is 15.5. The maximum Gasteiger partial charge on any atom is 0.408 e. The molecule has 3 amide bonds. The average molecular weight is 619 g/mol. The Morgan fingerprint density at radius 2 is 1.07 bits per heavy atom. The number of hydrogen-bond donors (Lipinski definition) is 2. The Balaban J connectivity index is 0.000000186. The van der Waals surface area contributed by atoms with Crippen LogP contribution in [0.2, 0.25) is 0 Å². The first kappa shape index (κ1) is 32.6. The summed E-state index contributed by atoms with van der Waals surface area (Å²) in [5, 5.41) is 3.04. The first-order valence-corrected chi connectivity index (χ1v) is 16.3. The van der Waals surface area contributed by atoms with Crippen LogP contribution in [0.3, 0.4) is 0 Å². The second-order valence-corrected chi connectivity index (χ2v) is 13.9. The van der Waals surface area contributed by atoms with E-state index in [2.05, 4.69) is 63.6 Å². The molecule has 10 heteroatoms. The second-order valence-electron chi connectivity index (χ2n) is 13.9. The van der Waals surface area contributed by atoms with Crippen LogP contribution in [0.25, 0.3) is 0 Å². The van der Waals surface area contributed by atoms with E-state index >= 15 is 0 Å². The normalized spacial score (nSPS) is 20.0. The summed E-state index contributed by atoms with van der Waals surface area (Å²) in [6.07, 6.45) is 3.71. The number of hydrogen-bond acceptors (Lipinski definition) is 7. The molecule has 0 radical (unpaired) electrons. The number of nitrogens with two attached hydrogens (primary N) is 1. The fraction of sp³-hybridized carbons (Fsp3) is 0.571. The Hall–Kier alpha value is -3.79. The van der Waals surface area contributed by atoms with Crippen LogP contribution < -0.4 is 20.9 Å². The summed E-state index contributed by atoms with van der Waals surface area (Å²) in [5.74, 6) is 0.317. The maximum absolute atomic E-state index is 12.1. The smallest absolute Gasteiger partial charge is 0.408 e. The molecule has 0 spiro atoms. The van der Waals surface area contributed by atoms with Crippen LogP contribution in [0.5, 0.6) is 0 Å². The van der Waals surface area contributed by atoms with E-state index in [4.69, 9.17) is 10.5 Å². The minimum atomic E-state index is -0.494. The highest BCUT2D eigenvalue weighted by molar-refractivity contribution is 5.74. The Labute approximate surface area is 267 Å². The van der Waals surface area contributed by atoms with E-state index in [-0.39, 0.29) is 29.0 Å². The Morgan fingerprint density at radius 1 is 0.667 bits per heavy atom. The molecule has 4 aliphatic rings. The zero-order chi connectivity index (χ0) is 32.4. The van der Waals surface area contributed by atoms with Gasteiger partial charge in [-0.25, -0.2) is 4.79 Å². The number of nitrogens with zero attached hydrogens (tertiary/aromatic N) is 4. The third-order valence-corrected chi connectivity index (χ3v) is 9.32. The lowest BCUT2D eigenvalue weighted by molar-refractivity contribution is -0.129. The highest BCUT2D eigenvalue weighted by Crippen LogP contribution is 2.46. The number of amides is 3. The minimum Gasteiger partial charge on any atom is -0.444 e. The molecule has 0 aromatic heterocycles. The lowest BCUT2D eigenvalue weighted by atomic mass is 10.0. The van der Waals surface area contributed by atoms with Gasteiger partial charge >= 0.3 is 6.09 Å². The van der Waals surface area contributed by atoms with Crippen molar-refractivity contribution in [2.75, 3.05) is 62.2 Å². The number of alkyl carbamates (subject to hydrolysis) is 1. The first-order chi connectivity index (χ1) is 21.3. The van der Waals surface area contributed by atoms with Crippen molar-refractivity contribution in [1.82, 2.24) is 15.1 Å². The van der Waals surface area contributed by atoms with Crippen LogP contribution >= 0.6 is 0 Å². The Bertz CT molecular complexity index is 1350. The molecule has 0 atom stereocenters. The number of ether oxygens (including phenoxy) is 1. The topological polar surface area (TPSA) is 111 Å². The summed E-state index contributed by atoms with van der Waals surface area (Å²) in [4.78, 5) is 43.3. The van der Waals surface area contributed by atoms with Gasteiger partial charge in [0, 0.05) is 83.1 Å². The summed E-state index contributed by atoms with van der Waals surface area (Å²) in [7, 11) is 0. The molecule has 2 aliphatic heterocycles. The van der Waals surface area contributed by atoms with Crippen molar-refractivity contribution in [2.24, 2.45) is 5.73 Å². The zero-order valence-corrected chi connectivity index (χ0v) is 27.6. The van der Waals surface area contributed by atoms with Gasteiger partial charge in [0.1, 0.15) is 5.60 Å². The predicted octanol–water partition coefficient (Wildman–Crippen LogP) is 4.17. The number of nitrogens with one attached hydrogen (secondary N) is 1. The highest BCUT2D eigenvalue weighted by Gasteiger charge is 2.46. The lowest BCUT2D eigenvalue weighted by Crippen LogP contribution is -2.48. The largest absolute Gasteiger partial charge is 0.444 e. The van der Waals surface area contributed by atoms with Crippen molar-refractivity contribution < 1.29 is 19.1 Å². The maximum atomic E-state index is 12.1. The van der Waals surface area contributed by atoms with Gasteiger partial charge < -0.3 is 35.4 Å². The molecule has 4 fully saturated rings. The van der Waals surface area contributed by atoms with E-state index in [0.29, 0.717) is 0 Å². The lowest BCUT2D eigenvalue weighted by Gasteiger charge is -2.35. The van der Waals surface area contributed by atoms with Crippen LogP contribution in [0.4, 0.5) is 16.2 Å². The van der Waals surface area contributed by atoms with E-state index in [9.17, 15) is 14.4 Å². The van der Waals surface area contributed by atoms with Crippen molar-refractivity contribution >= 4 is 29.3 Å².